The van der Waals surface area contributed by atoms with Crippen LogP contribution in [0.4, 0.5) is 5.69 Å². The molecule has 0 unspecified atom stereocenters. The summed E-state index contributed by atoms with van der Waals surface area (Å²) in [5, 5.41) is 6.10. The van der Waals surface area contributed by atoms with E-state index >= 15 is 0 Å². The van der Waals surface area contributed by atoms with E-state index < -0.39 is 0 Å². The standard InChI is InChI=1S/C11H14N4O2/c1-17-10-6-4-9(5-7-10)14-11(16)3-2-8-13-15-12/h4-7H,2-3,8H2,1H3,(H,14,16). The van der Waals surface area contributed by atoms with Crippen LogP contribution in [-0.4, -0.2) is 19.6 Å². The van der Waals surface area contributed by atoms with Crippen LogP contribution in [-0.2, 0) is 4.79 Å². The molecule has 0 aliphatic heterocycles. The van der Waals surface area contributed by atoms with Crippen molar-refractivity contribution in [1.82, 2.24) is 0 Å². The van der Waals surface area contributed by atoms with Crippen molar-refractivity contribution in [2.24, 2.45) is 5.11 Å². The van der Waals surface area contributed by atoms with Gasteiger partial charge in [-0.05, 0) is 36.2 Å². The van der Waals surface area contributed by atoms with Gasteiger partial charge in [0.25, 0.3) is 0 Å². The van der Waals surface area contributed by atoms with E-state index in [2.05, 4.69) is 15.3 Å². The van der Waals surface area contributed by atoms with E-state index in [1.165, 1.54) is 0 Å². The number of ether oxygens (including phenoxy) is 1. The SMILES string of the molecule is COc1ccc(NC(=O)CCCN=[N+]=[N-])cc1. The topological polar surface area (TPSA) is 87.1 Å². The lowest BCUT2D eigenvalue weighted by Gasteiger charge is -2.05. The summed E-state index contributed by atoms with van der Waals surface area (Å²) in [6.07, 6.45) is 0.886. The molecule has 6 heteroatoms. The first-order valence-electron chi connectivity index (χ1n) is 5.21. The van der Waals surface area contributed by atoms with Gasteiger partial charge in [0.15, 0.2) is 0 Å². The maximum atomic E-state index is 11.5. The molecule has 6 nitrogen and oxygen atoms in total. The van der Waals surface area contributed by atoms with E-state index in [9.17, 15) is 4.79 Å². The van der Waals surface area contributed by atoms with Crippen LogP contribution in [0.3, 0.4) is 0 Å². The molecule has 0 aliphatic rings. The lowest BCUT2D eigenvalue weighted by Crippen LogP contribution is -2.11. The number of anilines is 1. The van der Waals surface area contributed by atoms with Gasteiger partial charge in [-0.2, -0.15) is 0 Å². The van der Waals surface area contributed by atoms with E-state index in [1.54, 1.807) is 31.4 Å². The number of carbonyl (C=O) groups is 1. The van der Waals surface area contributed by atoms with Crippen molar-refractivity contribution in [1.29, 1.82) is 0 Å². The Labute approximate surface area is 99.2 Å². The quantitative estimate of drug-likeness (QED) is 0.355. The Morgan fingerprint density at radius 3 is 2.76 bits per heavy atom. The molecule has 1 aromatic rings. The number of carbonyl (C=O) groups excluding carboxylic acids is 1. The van der Waals surface area contributed by atoms with Crippen LogP contribution >= 0.6 is 0 Å². The van der Waals surface area contributed by atoms with Crippen LogP contribution in [0.15, 0.2) is 29.4 Å². The number of nitrogens with zero attached hydrogens (tertiary/aromatic N) is 3. The number of azide groups is 1. The number of hydrogen-bond donors (Lipinski definition) is 1. The Kier molecular flexibility index (Phi) is 5.40. The number of hydrogen-bond acceptors (Lipinski definition) is 3. The third-order valence-electron chi connectivity index (χ3n) is 2.10. The number of rotatable bonds is 6. The summed E-state index contributed by atoms with van der Waals surface area (Å²) in [7, 11) is 1.59. The van der Waals surface area contributed by atoms with Crippen LogP contribution in [0.1, 0.15) is 12.8 Å². The summed E-state index contributed by atoms with van der Waals surface area (Å²) in [6, 6.07) is 7.08. The van der Waals surface area contributed by atoms with Crippen molar-refractivity contribution in [3.8, 4) is 5.75 Å². The zero-order valence-electron chi connectivity index (χ0n) is 9.59. The highest BCUT2D eigenvalue weighted by atomic mass is 16.5. The first-order chi connectivity index (χ1) is 8.26. The average molecular weight is 234 g/mol. The highest BCUT2D eigenvalue weighted by molar-refractivity contribution is 5.90. The number of amides is 1. The van der Waals surface area contributed by atoms with E-state index in [4.69, 9.17) is 10.3 Å². The van der Waals surface area contributed by atoms with Crippen LogP contribution in [0.25, 0.3) is 10.4 Å². The van der Waals surface area contributed by atoms with Gasteiger partial charge in [0.2, 0.25) is 5.91 Å². The first-order valence-corrected chi connectivity index (χ1v) is 5.21. The van der Waals surface area contributed by atoms with E-state index in [1.807, 2.05) is 0 Å². The highest BCUT2D eigenvalue weighted by Crippen LogP contribution is 2.15. The maximum absolute atomic E-state index is 11.5. The molecular formula is C11H14N4O2. The summed E-state index contributed by atoms with van der Waals surface area (Å²) in [6.45, 7) is 0.340. The fraction of sp³-hybridized carbons (Fsp3) is 0.364. The fourth-order valence-corrected chi connectivity index (χ4v) is 1.25. The first kappa shape index (κ1) is 12.9. The zero-order chi connectivity index (χ0) is 12.5. The predicted molar refractivity (Wildman–Crippen MR) is 64.9 cm³/mol. The molecule has 1 amide bonds. The third-order valence-corrected chi connectivity index (χ3v) is 2.10. The third kappa shape index (κ3) is 4.90. The largest absolute Gasteiger partial charge is 0.497 e. The van der Waals surface area contributed by atoms with Gasteiger partial charge in [-0.25, -0.2) is 0 Å². The van der Waals surface area contributed by atoms with E-state index in [0.717, 1.165) is 11.4 Å². The lowest BCUT2D eigenvalue weighted by molar-refractivity contribution is -0.116. The van der Waals surface area contributed by atoms with Crippen molar-refractivity contribution < 1.29 is 9.53 Å². The Bertz CT molecular complexity index is 410. The molecule has 0 spiro atoms. The maximum Gasteiger partial charge on any atom is 0.224 e. The second-order valence-electron chi connectivity index (χ2n) is 3.33. The molecule has 0 bridgehead atoms. The Hall–Kier alpha value is -2.20. The summed E-state index contributed by atoms with van der Waals surface area (Å²) < 4.78 is 5.01. The highest BCUT2D eigenvalue weighted by Gasteiger charge is 2.01. The molecular weight excluding hydrogens is 220 g/mol. The molecule has 0 atom stereocenters. The van der Waals surface area contributed by atoms with Gasteiger partial charge in [-0.1, -0.05) is 5.11 Å². The van der Waals surface area contributed by atoms with Crippen molar-refractivity contribution in [2.45, 2.75) is 12.8 Å². The second-order valence-corrected chi connectivity index (χ2v) is 3.33. The number of benzene rings is 1. The predicted octanol–water partition coefficient (Wildman–Crippen LogP) is 2.72. The van der Waals surface area contributed by atoms with Gasteiger partial charge < -0.3 is 10.1 Å². The van der Waals surface area contributed by atoms with Crippen molar-refractivity contribution in [2.75, 3.05) is 19.0 Å². The van der Waals surface area contributed by atoms with Gasteiger partial charge >= 0.3 is 0 Å². The van der Waals surface area contributed by atoms with E-state index in [-0.39, 0.29) is 5.91 Å². The van der Waals surface area contributed by atoms with E-state index in [0.29, 0.717) is 19.4 Å². The molecule has 0 saturated heterocycles. The minimum Gasteiger partial charge on any atom is -0.497 e. The van der Waals surface area contributed by atoms with Crippen molar-refractivity contribution in [3.05, 3.63) is 34.7 Å². The minimum atomic E-state index is -0.0942. The molecule has 1 rings (SSSR count). The van der Waals surface area contributed by atoms with Gasteiger partial charge in [-0.3, -0.25) is 4.79 Å². The number of nitrogens with one attached hydrogen (secondary N) is 1. The van der Waals surface area contributed by atoms with Gasteiger partial charge in [0.05, 0.1) is 7.11 Å². The molecule has 0 heterocycles. The van der Waals surface area contributed by atoms with Crippen LogP contribution in [0.2, 0.25) is 0 Å². The molecule has 0 aliphatic carbocycles. The average Bonchev–Trinajstić information content (AvgIpc) is 2.36. The summed E-state index contributed by atoms with van der Waals surface area (Å²) in [5.41, 5.74) is 8.78. The van der Waals surface area contributed by atoms with Crippen LogP contribution < -0.4 is 10.1 Å². The summed E-state index contributed by atoms with van der Waals surface area (Å²) >= 11 is 0. The molecule has 1 aromatic carbocycles. The lowest BCUT2D eigenvalue weighted by atomic mass is 10.2. The number of methoxy groups -OCH3 is 1. The smallest absolute Gasteiger partial charge is 0.224 e. The van der Waals surface area contributed by atoms with Crippen molar-refractivity contribution >= 4 is 11.6 Å². The Morgan fingerprint density at radius 2 is 2.18 bits per heavy atom. The Morgan fingerprint density at radius 1 is 1.47 bits per heavy atom. The minimum absolute atomic E-state index is 0.0942. The van der Waals surface area contributed by atoms with Gasteiger partial charge in [0, 0.05) is 23.6 Å². The molecule has 0 radical (unpaired) electrons. The molecule has 1 N–H and O–H groups in total. The second kappa shape index (κ2) is 7.14. The molecule has 0 aromatic heterocycles. The molecule has 0 saturated carbocycles. The van der Waals surface area contributed by atoms with Crippen LogP contribution in [0, 0.1) is 0 Å². The summed E-state index contributed by atoms with van der Waals surface area (Å²) in [4.78, 5) is 14.1. The normalized spacial score (nSPS) is 9.24. The molecule has 17 heavy (non-hydrogen) atoms. The monoisotopic (exact) mass is 234 g/mol. The summed E-state index contributed by atoms with van der Waals surface area (Å²) in [5.74, 6) is 0.648. The van der Waals surface area contributed by atoms with Gasteiger partial charge in [-0.15, -0.1) is 0 Å². The van der Waals surface area contributed by atoms with Gasteiger partial charge in [0.1, 0.15) is 5.75 Å². The zero-order valence-corrected chi connectivity index (χ0v) is 9.59. The molecule has 0 fully saturated rings. The van der Waals surface area contributed by atoms with Crippen LogP contribution in [0.5, 0.6) is 5.75 Å². The van der Waals surface area contributed by atoms with Crippen molar-refractivity contribution in [3.63, 3.8) is 0 Å². The fourth-order valence-electron chi connectivity index (χ4n) is 1.25. The Balaban J connectivity index is 2.36. The molecule has 90 valence electrons.